The van der Waals surface area contributed by atoms with Gasteiger partial charge in [0.2, 0.25) is 11.6 Å². The zero-order valence-electron chi connectivity index (χ0n) is 13.8. The molecule has 8 nitrogen and oxygen atoms in total. The Kier molecular flexibility index (Phi) is 4.97. The molecule has 0 spiro atoms. The molecular formula is C15H26O8. The summed E-state index contributed by atoms with van der Waals surface area (Å²) >= 11 is 0. The molecule has 0 unspecified atom stereocenters. The highest BCUT2D eigenvalue weighted by Gasteiger charge is 2.66. The highest BCUT2D eigenvalue weighted by molar-refractivity contribution is 5.03. The van der Waals surface area contributed by atoms with Gasteiger partial charge < -0.3 is 38.6 Å². The molecule has 23 heavy (non-hydrogen) atoms. The Labute approximate surface area is 135 Å². The smallest absolute Gasteiger partial charge is 0.223 e. The van der Waals surface area contributed by atoms with E-state index in [4.69, 9.17) is 28.4 Å². The summed E-state index contributed by atoms with van der Waals surface area (Å²) in [6, 6.07) is 0. The first kappa shape index (κ1) is 17.5. The number of aliphatic hydroxyl groups excluding tert-OH is 2. The molecular weight excluding hydrogens is 308 g/mol. The molecule has 134 valence electrons. The molecule has 2 heterocycles. The molecule has 2 saturated heterocycles. The second-order valence-electron chi connectivity index (χ2n) is 6.24. The van der Waals surface area contributed by atoms with Crippen LogP contribution < -0.4 is 0 Å². The Morgan fingerprint density at radius 2 is 1.57 bits per heavy atom. The third-order valence-corrected chi connectivity index (χ3v) is 5.19. The first-order chi connectivity index (χ1) is 11.1. The van der Waals surface area contributed by atoms with Crippen molar-refractivity contribution in [2.24, 2.45) is 0 Å². The van der Waals surface area contributed by atoms with E-state index in [1.807, 2.05) is 0 Å². The van der Waals surface area contributed by atoms with E-state index in [1.54, 1.807) is 14.2 Å². The van der Waals surface area contributed by atoms with Gasteiger partial charge >= 0.3 is 0 Å². The predicted molar refractivity (Wildman–Crippen MR) is 76.5 cm³/mol. The zero-order valence-corrected chi connectivity index (χ0v) is 13.8. The summed E-state index contributed by atoms with van der Waals surface area (Å²) in [4.78, 5) is 0. The summed E-state index contributed by atoms with van der Waals surface area (Å²) in [5.41, 5.74) is 0. The fourth-order valence-electron chi connectivity index (χ4n) is 3.94. The Balaban J connectivity index is 1.95. The van der Waals surface area contributed by atoms with Gasteiger partial charge in [0.25, 0.3) is 0 Å². The van der Waals surface area contributed by atoms with Crippen LogP contribution in [-0.2, 0) is 28.4 Å². The fraction of sp³-hybridized carbons (Fsp3) is 1.00. The predicted octanol–water partition coefficient (Wildman–Crippen LogP) is -0.246. The molecule has 3 rings (SSSR count). The molecule has 0 aromatic carbocycles. The van der Waals surface area contributed by atoms with Crippen molar-refractivity contribution in [2.45, 2.75) is 68.0 Å². The van der Waals surface area contributed by atoms with Gasteiger partial charge in [-0.25, -0.2) is 0 Å². The summed E-state index contributed by atoms with van der Waals surface area (Å²) in [5.74, 6) is -2.18. The van der Waals surface area contributed by atoms with Crippen molar-refractivity contribution in [2.75, 3.05) is 27.9 Å². The van der Waals surface area contributed by atoms with Crippen LogP contribution in [0.5, 0.6) is 0 Å². The largest absolute Gasteiger partial charge is 0.394 e. The lowest BCUT2D eigenvalue weighted by atomic mass is 9.84. The van der Waals surface area contributed by atoms with Gasteiger partial charge in [-0.1, -0.05) is 0 Å². The van der Waals surface area contributed by atoms with Gasteiger partial charge in [-0.2, -0.15) is 0 Å². The van der Waals surface area contributed by atoms with Crippen LogP contribution in [0.1, 0.15) is 25.7 Å². The summed E-state index contributed by atoms with van der Waals surface area (Å²) in [7, 11) is 4.59. The molecule has 2 N–H and O–H groups in total. The summed E-state index contributed by atoms with van der Waals surface area (Å²) in [6.07, 6.45) is -1.04. The summed E-state index contributed by atoms with van der Waals surface area (Å²) in [5, 5.41) is 19.9. The summed E-state index contributed by atoms with van der Waals surface area (Å²) < 4.78 is 34.7. The number of ether oxygens (including phenoxy) is 6. The first-order valence-electron chi connectivity index (χ1n) is 7.99. The first-order valence-corrected chi connectivity index (χ1v) is 7.99. The van der Waals surface area contributed by atoms with Crippen LogP contribution in [0.25, 0.3) is 0 Å². The standard InChI is InChI=1S/C15H26O8/c1-18-13-12-11(10(17)9(8-16)21-13)22-14(19-2)6-4-5-7-15(14,20-3)23-12/h9-13,16-17H,4-8H2,1-3H3/t9-,10+,11+,12-,13+,14-,15-/m1/s1. The molecule has 1 aliphatic carbocycles. The lowest BCUT2D eigenvalue weighted by molar-refractivity contribution is -0.500. The van der Waals surface area contributed by atoms with E-state index in [0.717, 1.165) is 12.8 Å². The molecule has 2 aliphatic heterocycles. The number of fused-ring (bicyclic) bond motifs is 2. The maximum atomic E-state index is 10.5. The van der Waals surface area contributed by atoms with Crippen molar-refractivity contribution in [3.8, 4) is 0 Å². The molecule has 0 amide bonds. The molecule has 7 atom stereocenters. The van der Waals surface area contributed by atoms with E-state index in [2.05, 4.69) is 0 Å². The minimum Gasteiger partial charge on any atom is -0.394 e. The number of methoxy groups -OCH3 is 3. The lowest BCUT2D eigenvalue weighted by Crippen LogP contribution is -2.75. The van der Waals surface area contributed by atoms with E-state index >= 15 is 0 Å². The molecule has 0 radical (unpaired) electrons. The Morgan fingerprint density at radius 1 is 1.00 bits per heavy atom. The highest BCUT2D eigenvalue weighted by atomic mass is 16.8. The number of rotatable bonds is 4. The maximum absolute atomic E-state index is 10.5. The van der Waals surface area contributed by atoms with Crippen molar-refractivity contribution < 1.29 is 38.6 Å². The quantitative estimate of drug-likeness (QED) is 0.727. The molecule has 3 fully saturated rings. The van der Waals surface area contributed by atoms with Gasteiger partial charge in [0.1, 0.15) is 24.4 Å². The van der Waals surface area contributed by atoms with Crippen molar-refractivity contribution in [1.29, 1.82) is 0 Å². The van der Waals surface area contributed by atoms with Crippen molar-refractivity contribution >= 4 is 0 Å². The molecule has 0 bridgehead atoms. The van der Waals surface area contributed by atoms with Crippen LogP contribution >= 0.6 is 0 Å². The van der Waals surface area contributed by atoms with Crippen molar-refractivity contribution in [3.05, 3.63) is 0 Å². The third kappa shape index (κ3) is 2.52. The van der Waals surface area contributed by atoms with Crippen LogP contribution in [0.4, 0.5) is 0 Å². The average Bonchev–Trinajstić information content (AvgIpc) is 2.60. The summed E-state index contributed by atoms with van der Waals surface area (Å²) in [6.45, 7) is -0.344. The number of aliphatic hydroxyl groups is 2. The average molecular weight is 334 g/mol. The van der Waals surface area contributed by atoms with E-state index in [1.165, 1.54) is 7.11 Å². The van der Waals surface area contributed by atoms with E-state index < -0.39 is 42.3 Å². The van der Waals surface area contributed by atoms with Crippen molar-refractivity contribution in [1.82, 2.24) is 0 Å². The normalized spacial score (nSPS) is 50.2. The number of hydrogen-bond donors (Lipinski definition) is 2. The molecule has 3 aliphatic rings. The van der Waals surface area contributed by atoms with Crippen molar-refractivity contribution in [3.63, 3.8) is 0 Å². The Morgan fingerprint density at radius 3 is 2.04 bits per heavy atom. The van der Waals surface area contributed by atoms with Crippen LogP contribution in [-0.4, -0.2) is 80.4 Å². The Hall–Kier alpha value is -0.320. The highest BCUT2D eigenvalue weighted by Crippen LogP contribution is 2.50. The Bertz CT molecular complexity index is 420. The monoisotopic (exact) mass is 334 g/mol. The van der Waals surface area contributed by atoms with Gasteiger partial charge in [0, 0.05) is 34.2 Å². The zero-order chi connectivity index (χ0) is 16.7. The van der Waals surface area contributed by atoms with Gasteiger partial charge in [-0.05, 0) is 12.8 Å². The van der Waals surface area contributed by atoms with Gasteiger partial charge in [-0.3, -0.25) is 0 Å². The second kappa shape index (κ2) is 6.53. The minimum atomic E-state index is -1.10. The van der Waals surface area contributed by atoms with Crippen LogP contribution in [0.2, 0.25) is 0 Å². The lowest BCUT2D eigenvalue weighted by Gasteiger charge is -2.59. The van der Waals surface area contributed by atoms with Crippen LogP contribution in [0, 0.1) is 0 Å². The van der Waals surface area contributed by atoms with Crippen LogP contribution in [0.15, 0.2) is 0 Å². The van der Waals surface area contributed by atoms with Gasteiger partial charge in [-0.15, -0.1) is 0 Å². The van der Waals surface area contributed by atoms with Gasteiger partial charge in [0.05, 0.1) is 6.61 Å². The second-order valence-corrected chi connectivity index (χ2v) is 6.24. The maximum Gasteiger partial charge on any atom is 0.223 e. The molecule has 1 saturated carbocycles. The van der Waals surface area contributed by atoms with E-state index in [-0.39, 0.29) is 6.61 Å². The topological polar surface area (TPSA) is 95.8 Å². The minimum absolute atomic E-state index is 0.344. The van der Waals surface area contributed by atoms with E-state index in [9.17, 15) is 10.2 Å². The number of hydrogen-bond acceptors (Lipinski definition) is 8. The molecule has 8 heteroatoms. The molecule has 0 aromatic heterocycles. The van der Waals surface area contributed by atoms with Crippen LogP contribution in [0.3, 0.4) is 0 Å². The SMILES string of the molecule is CO[C@H]1O[C@H](CO)[C@H](O)[C@@H]2O[C@]3(OC)CCCC[C@@]3(OC)O[C@@H]12. The fourth-order valence-corrected chi connectivity index (χ4v) is 3.94. The van der Waals surface area contributed by atoms with E-state index in [0.29, 0.717) is 12.8 Å². The molecule has 0 aromatic rings. The van der Waals surface area contributed by atoms with Gasteiger partial charge in [0.15, 0.2) is 6.29 Å². The third-order valence-electron chi connectivity index (χ3n) is 5.19.